The number of nitrogens with zero attached hydrogens (tertiary/aromatic N) is 1. The Balaban J connectivity index is 2.32. The van der Waals surface area contributed by atoms with Crippen LogP contribution in [0, 0.1) is 28.6 Å². The second-order valence-electron chi connectivity index (χ2n) is 6.69. The molecule has 0 aromatic heterocycles. The minimum absolute atomic E-state index is 0.254. The normalized spacial score (nSPS) is 40.8. The largest absolute Gasteiger partial charge is 0.388 e. The van der Waals surface area contributed by atoms with Gasteiger partial charge in [0, 0.05) is 0 Å². The molecule has 2 heteroatoms. The Morgan fingerprint density at radius 1 is 1.00 bits per heavy atom. The molecule has 1 N–H and O–H groups in total. The quantitative estimate of drug-likeness (QED) is 0.713. The number of hydrogen-bond acceptors (Lipinski definition) is 2. The van der Waals surface area contributed by atoms with Crippen LogP contribution in [0.1, 0.15) is 71.6 Å². The molecule has 0 spiro atoms. The molecule has 3 unspecified atom stereocenters. The van der Waals surface area contributed by atoms with E-state index < -0.39 is 11.0 Å². The highest BCUT2D eigenvalue weighted by molar-refractivity contribution is 5.15. The zero-order chi connectivity index (χ0) is 13.2. The van der Waals surface area contributed by atoms with Crippen LogP contribution < -0.4 is 0 Å². The third-order valence-corrected chi connectivity index (χ3v) is 5.82. The smallest absolute Gasteiger partial charge is 0.0863 e. The van der Waals surface area contributed by atoms with Gasteiger partial charge in [-0.25, -0.2) is 0 Å². The molecule has 102 valence electrons. The second kappa shape index (κ2) is 5.21. The van der Waals surface area contributed by atoms with Gasteiger partial charge in [-0.2, -0.15) is 5.26 Å². The van der Waals surface area contributed by atoms with Gasteiger partial charge in [0.15, 0.2) is 0 Å². The van der Waals surface area contributed by atoms with Gasteiger partial charge in [0.25, 0.3) is 0 Å². The highest BCUT2D eigenvalue weighted by atomic mass is 16.3. The fourth-order valence-corrected chi connectivity index (χ4v) is 4.29. The van der Waals surface area contributed by atoms with Crippen LogP contribution >= 0.6 is 0 Å². The molecule has 0 saturated heterocycles. The van der Waals surface area contributed by atoms with Crippen molar-refractivity contribution in [2.75, 3.05) is 0 Å². The van der Waals surface area contributed by atoms with E-state index in [1.165, 1.54) is 19.3 Å². The van der Waals surface area contributed by atoms with Crippen molar-refractivity contribution in [3.8, 4) is 6.07 Å². The highest BCUT2D eigenvalue weighted by Gasteiger charge is 2.55. The van der Waals surface area contributed by atoms with Gasteiger partial charge in [-0.05, 0) is 31.1 Å². The average Bonchev–Trinajstić information content (AvgIpc) is 2.62. The zero-order valence-electron chi connectivity index (χ0n) is 11.9. The molecule has 3 atom stereocenters. The van der Waals surface area contributed by atoms with Gasteiger partial charge >= 0.3 is 0 Å². The molecular weight excluding hydrogens is 222 g/mol. The fraction of sp³-hybridized carbons (Fsp3) is 0.938. The van der Waals surface area contributed by atoms with E-state index in [4.69, 9.17) is 0 Å². The number of aliphatic hydroxyl groups is 1. The van der Waals surface area contributed by atoms with E-state index in [0.717, 1.165) is 38.5 Å². The van der Waals surface area contributed by atoms with Crippen LogP contribution in [-0.2, 0) is 0 Å². The van der Waals surface area contributed by atoms with Crippen molar-refractivity contribution < 1.29 is 5.11 Å². The molecule has 0 heterocycles. The lowest BCUT2D eigenvalue weighted by Crippen LogP contribution is -2.55. The summed E-state index contributed by atoms with van der Waals surface area (Å²) in [6, 6.07) is 2.57. The SMILES string of the molecule is CC1CCCC(O)(C2(C#N)CCCCCC2)C1C. The van der Waals surface area contributed by atoms with Crippen LogP contribution in [0.25, 0.3) is 0 Å². The predicted molar refractivity (Wildman–Crippen MR) is 72.9 cm³/mol. The molecule has 0 aliphatic heterocycles. The lowest BCUT2D eigenvalue weighted by molar-refractivity contribution is -0.140. The summed E-state index contributed by atoms with van der Waals surface area (Å²) in [5.41, 5.74) is -1.22. The first kappa shape index (κ1) is 13.9. The van der Waals surface area contributed by atoms with Gasteiger partial charge in [-0.15, -0.1) is 0 Å². The van der Waals surface area contributed by atoms with Crippen molar-refractivity contribution in [3.05, 3.63) is 0 Å². The minimum atomic E-state index is -0.746. The van der Waals surface area contributed by atoms with Gasteiger partial charge in [-0.3, -0.25) is 0 Å². The van der Waals surface area contributed by atoms with Gasteiger partial charge in [0.2, 0.25) is 0 Å². The van der Waals surface area contributed by atoms with E-state index in [2.05, 4.69) is 19.9 Å². The average molecular weight is 249 g/mol. The Labute approximate surface area is 111 Å². The third kappa shape index (κ3) is 2.07. The Hall–Kier alpha value is -0.550. The van der Waals surface area contributed by atoms with Crippen LogP contribution in [-0.4, -0.2) is 10.7 Å². The van der Waals surface area contributed by atoms with E-state index >= 15 is 0 Å². The molecule has 0 aromatic rings. The summed E-state index contributed by atoms with van der Waals surface area (Å²) in [5.74, 6) is 0.793. The van der Waals surface area contributed by atoms with Crippen molar-refractivity contribution in [1.82, 2.24) is 0 Å². The molecule has 2 aliphatic carbocycles. The van der Waals surface area contributed by atoms with Gasteiger partial charge in [0.1, 0.15) is 0 Å². The van der Waals surface area contributed by atoms with Crippen LogP contribution in [0.5, 0.6) is 0 Å². The first-order chi connectivity index (χ1) is 8.56. The summed E-state index contributed by atoms with van der Waals surface area (Å²) >= 11 is 0. The molecule has 2 rings (SSSR count). The van der Waals surface area contributed by atoms with E-state index in [-0.39, 0.29) is 5.92 Å². The minimum Gasteiger partial charge on any atom is -0.388 e. The van der Waals surface area contributed by atoms with Crippen molar-refractivity contribution in [1.29, 1.82) is 5.26 Å². The Kier molecular flexibility index (Phi) is 4.02. The van der Waals surface area contributed by atoms with Crippen LogP contribution in [0.15, 0.2) is 0 Å². The topological polar surface area (TPSA) is 44.0 Å². The Morgan fingerprint density at radius 3 is 2.17 bits per heavy atom. The lowest BCUT2D eigenvalue weighted by Gasteiger charge is -2.51. The molecule has 0 aromatic carbocycles. The molecule has 2 nitrogen and oxygen atoms in total. The van der Waals surface area contributed by atoms with Crippen molar-refractivity contribution in [2.45, 2.75) is 77.2 Å². The summed E-state index contributed by atoms with van der Waals surface area (Å²) in [4.78, 5) is 0. The molecule has 2 fully saturated rings. The van der Waals surface area contributed by atoms with E-state index in [1.54, 1.807) is 0 Å². The van der Waals surface area contributed by atoms with E-state index in [1.807, 2.05) is 0 Å². The standard InChI is InChI=1S/C16H27NO/c1-13-8-7-11-16(18,14(13)2)15(12-17)9-5-3-4-6-10-15/h13-14,18H,3-11H2,1-2H3. The molecule has 2 aliphatic rings. The van der Waals surface area contributed by atoms with Crippen molar-refractivity contribution in [2.24, 2.45) is 17.3 Å². The lowest BCUT2D eigenvalue weighted by atomic mass is 9.56. The molecular formula is C16H27NO. The summed E-state index contributed by atoms with van der Waals surface area (Å²) < 4.78 is 0. The van der Waals surface area contributed by atoms with Crippen molar-refractivity contribution in [3.63, 3.8) is 0 Å². The summed E-state index contributed by atoms with van der Waals surface area (Å²) in [6.07, 6.45) is 9.57. The third-order valence-electron chi connectivity index (χ3n) is 5.82. The summed E-state index contributed by atoms with van der Waals surface area (Å²) in [6.45, 7) is 4.39. The maximum absolute atomic E-state index is 11.3. The molecule has 0 bridgehead atoms. The maximum Gasteiger partial charge on any atom is 0.0863 e. The van der Waals surface area contributed by atoms with Crippen LogP contribution in [0.3, 0.4) is 0 Å². The van der Waals surface area contributed by atoms with Crippen LogP contribution in [0.4, 0.5) is 0 Å². The highest BCUT2D eigenvalue weighted by Crippen LogP contribution is 2.53. The fourth-order valence-electron chi connectivity index (χ4n) is 4.29. The molecule has 0 radical (unpaired) electrons. The summed E-state index contributed by atoms with van der Waals surface area (Å²) in [7, 11) is 0. The molecule has 18 heavy (non-hydrogen) atoms. The van der Waals surface area contributed by atoms with E-state index in [9.17, 15) is 10.4 Å². The monoisotopic (exact) mass is 249 g/mol. The first-order valence-corrected chi connectivity index (χ1v) is 7.69. The maximum atomic E-state index is 11.3. The Morgan fingerprint density at radius 2 is 1.61 bits per heavy atom. The zero-order valence-corrected chi connectivity index (χ0v) is 11.9. The second-order valence-corrected chi connectivity index (χ2v) is 6.69. The number of nitriles is 1. The van der Waals surface area contributed by atoms with E-state index in [0.29, 0.717) is 5.92 Å². The summed E-state index contributed by atoms with van der Waals surface area (Å²) in [5, 5.41) is 21.1. The first-order valence-electron chi connectivity index (χ1n) is 7.69. The Bertz CT molecular complexity index is 324. The van der Waals surface area contributed by atoms with Gasteiger partial charge in [0.05, 0.1) is 17.1 Å². The number of rotatable bonds is 1. The van der Waals surface area contributed by atoms with Gasteiger partial charge in [-0.1, -0.05) is 52.4 Å². The van der Waals surface area contributed by atoms with Crippen molar-refractivity contribution >= 4 is 0 Å². The predicted octanol–water partition coefficient (Wildman–Crippen LogP) is 4.04. The number of hydrogen-bond donors (Lipinski definition) is 1. The van der Waals surface area contributed by atoms with Crippen LogP contribution in [0.2, 0.25) is 0 Å². The van der Waals surface area contributed by atoms with Gasteiger partial charge < -0.3 is 5.11 Å². The molecule has 0 amide bonds. The molecule has 2 saturated carbocycles.